The van der Waals surface area contributed by atoms with E-state index in [4.69, 9.17) is 14.2 Å². The number of anilines is 1. The van der Waals surface area contributed by atoms with Crippen LogP contribution >= 0.6 is 12.4 Å². The molecule has 0 N–H and O–H groups in total. The standard InChI is InChI=1S/C29H36N2O3.ClH/c1-32-26-11-7-9-24(23-26)15-16-25-10-3-5-13-28(25)34-22-8-17-30-18-20-31(21-19-30)27-12-4-6-14-29(27)33-2;/h3-7,9-14,23H,8,15-22H2,1-2H3;1H. The summed E-state index contributed by atoms with van der Waals surface area (Å²) in [4.78, 5) is 4.95. The van der Waals surface area contributed by atoms with Crippen molar-refractivity contribution in [2.45, 2.75) is 19.3 Å². The first-order valence-corrected chi connectivity index (χ1v) is 12.2. The molecule has 3 aromatic carbocycles. The van der Waals surface area contributed by atoms with E-state index in [2.05, 4.69) is 58.3 Å². The summed E-state index contributed by atoms with van der Waals surface area (Å²) in [6.45, 7) is 5.97. The van der Waals surface area contributed by atoms with Crippen LogP contribution in [0.4, 0.5) is 5.69 Å². The normalized spacial score (nSPS) is 13.7. The van der Waals surface area contributed by atoms with E-state index in [0.29, 0.717) is 0 Å². The number of para-hydroxylation sites is 3. The highest BCUT2D eigenvalue weighted by molar-refractivity contribution is 5.85. The minimum atomic E-state index is 0. The van der Waals surface area contributed by atoms with Gasteiger partial charge in [-0.2, -0.15) is 0 Å². The van der Waals surface area contributed by atoms with E-state index in [1.54, 1.807) is 14.2 Å². The third-order valence-corrected chi connectivity index (χ3v) is 6.46. The predicted molar refractivity (Wildman–Crippen MR) is 146 cm³/mol. The van der Waals surface area contributed by atoms with E-state index in [1.165, 1.54) is 16.8 Å². The van der Waals surface area contributed by atoms with Crippen LogP contribution in [-0.4, -0.2) is 58.5 Å². The van der Waals surface area contributed by atoms with Crippen molar-refractivity contribution in [3.8, 4) is 17.2 Å². The Balaban J connectivity index is 0.00000342. The van der Waals surface area contributed by atoms with Crippen LogP contribution in [0.25, 0.3) is 0 Å². The number of nitrogens with zero attached hydrogens (tertiary/aromatic N) is 2. The molecule has 6 heteroatoms. The van der Waals surface area contributed by atoms with Crippen molar-refractivity contribution in [1.29, 1.82) is 0 Å². The molecule has 3 aromatic rings. The molecule has 4 rings (SSSR count). The molecular formula is C29H37ClN2O3. The zero-order valence-electron chi connectivity index (χ0n) is 20.8. The van der Waals surface area contributed by atoms with Crippen LogP contribution in [0.15, 0.2) is 72.8 Å². The van der Waals surface area contributed by atoms with Crippen molar-refractivity contribution < 1.29 is 14.2 Å². The molecule has 0 unspecified atom stereocenters. The Labute approximate surface area is 216 Å². The number of hydrogen-bond donors (Lipinski definition) is 0. The minimum absolute atomic E-state index is 0. The van der Waals surface area contributed by atoms with E-state index in [0.717, 1.165) is 75.8 Å². The minimum Gasteiger partial charge on any atom is -0.497 e. The SMILES string of the molecule is COc1cccc(CCc2ccccc2OCCCN2CCN(c3ccccc3OC)CC2)c1.Cl. The molecule has 0 aliphatic carbocycles. The number of benzene rings is 3. The third-order valence-electron chi connectivity index (χ3n) is 6.46. The fraction of sp³-hybridized carbons (Fsp3) is 0.379. The monoisotopic (exact) mass is 496 g/mol. The average Bonchev–Trinajstić information content (AvgIpc) is 2.91. The Morgan fingerprint density at radius 1 is 0.743 bits per heavy atom. The van der Waals surface area contributed by atoms with Crippen molar-refractivity contribution in [1.82, 2.24) is 4.90 Å². The van der Waals surface area contributed by atoms with Gasteiger partial charge in [0.05, 0.1) is 26.5 Å². The summed E-state index contributed by atoms with van der Waals surface area (Å²) in [5, 5.41) is 0. The van der Waals surface area contributed by atoms with E-state index < -0.39 is 0 Å². The largest absolute Gasteiger partial charge is 0.497 e. The van der Waals surface area contributed by atoms with E-state index >= 15 is 0 Å². The Hall–Kier alpha value is -2.89. The molecule has 1 aliphatic heterocycles. The van der Waals surface area contributed by atoms with Gasteiger partial charge in [0.1, 0.15) is 17.2 Å². The number of halogens is 1. The lowest BCUT2D eigenvalue weighted by Crippen LogP contribution is -2.46. The highest BCUT2D eigenvalue weighted by Crippen LogP contribution is 2.28. The molecule has 1 heterocycles. The van der Waals surface area contributed by atoms with Crippen LogP contribution in [0.3, 0.4) is 0 Å². The molecule has 188 valence electrons. The third kappa shape index (κ3) is 7.55. The van der Waals surface area contributed by atoms with Gasteiger partial charge in [0.2, 0.25) is 0 Å². The molecule has 35 heavy (non-hydrogen) atoms. The second-order valence-corrected chi connectivity index (χ2v) is 8.66. The lowest BCUT2D eigenvalue weighted by Gasteiger charge is -2.36. The molecule has 0 atom stereocenters. The van der Waals surface area contributed by atoms with Gasteiger partial charge in [-0.3, -0.25) is 4.90 Å². The molecule has 0 amide bonds. The van der Waals surface area contributed by atoms with Crippen LogP contribution in [-0.2, 0) is 12.8 Å². The zero-order chi connectivity index (χ0) is 23.6. The van der Waals surface area contributed by atoms with Gasteiger partial charge in [0.25, 0.3) is 0 Å². The maximum absolute atomic E-state index is 6.20. The Bertz CT molecular complexity index is 1040. The van der Waals surface area contributed by atoms with E-state index in [-0.39, 0.29) is 12.4 Å². The number of aryl methyl sites for hydroxylation is 2. The van der Waals surface area contributed by atoms with Crippen molar-refractivity contribution >= 4 is 18.1 Å². The maximum Gasteiger partial charge on any atom is 0.142 e. The second-order valence-electron chi connectivity index (χ2n) is 8.66. The first kappa shape index (κ1) is 26.7. The van der Waals surface area contributed by atoms with Crippen molar-refractivity contribution in [3.05, 3.63) is 83.9 Å². The number of methoxy groups -OCH3 is 2. The summed E-state index contributed by atoms with van der Waals surface area (Å²) < 4.78 is 17.1. The van der Waals surface area contributed by atoms with Crippen LogP contribution < -0.4 is 19.1 Å². The van der Waals surface area contributed by atoms with Gasteiger partial charge in [-0.15, -0.1) is 12.4 Å². The highest BCUT2D eigenvalue weighted by atomic mass is 35.5. The van der Waals surface area contributed by atoms with E-state index in [9.17, 15) is 0 Å². The number of rotatable bonds is 11. The molecule has 1 saturated heterocycles. The molecule has 0 saturated carbocycles. The Kier molecular flexibility index (Phi) is 10.6. The topological polar surface area (TPSA) is 34.2 Å². The van der Waals surface area contributed by atoms with Gasteiger partial charge in [0, 0.05) is 32.7 Å². The molecule has 0 spiro atoms. The Morgan fingerprint density at radius 2 is 1.49 bits per heavy atom. The van der Waals surface area contributed by atoms with Crippen molar-refractivity contribution in [2.24, 2.45) is 0 Å². The lowest BCUT2D eigenvalue weighted by molar-refractivity contribution is 0.223. The maximum atomic E-state index is 6.20. The van der Waals surface area contributed by atoms with Crippen LogP contribution in [0, 0.1) is 0 Å². The number of ether oxygens (including phenoxy) is 3. The molecule has 0 bridgehead atoms. The summed E-state index contributed by atoms with van der Waals surface area (Å²) in [6.07, 6.45) is 2.95. The first-order chi connectivity index (χ1) is 16.8. The molecule has 1 aliphatic rings. The fourth-order valence-corrected chi connectivity index (χ4v) is 4.53. The van der Waals surface area contributed by atoms with Gasteiger partial charge >= 0.3 is 0 Å². The van der Waals surface area contributed by atoms with Gasteiger partial charge in [-0.25, -0.2) is 0 Å². The molecular weight excluding hydrogens is 460 g/mol. The van der Waals surface area contributed by atoms with E-state index in [1.807, 2.05) is 24.3 Å². The summed E-state index contributed by atoms with van der Waals surface area (Å²) in [5.41, 5.74) is 3.73. The first-order valence-electron chi connectivity index (χ1n) is 12.2. The van der Waals surface area contributed by atoms with Crippen molar-refractivity contribution in [2.75, 3.05) is 58.5 Å². The second kappa shape index (κ2) is 13.9. The van der Waals surface area contributed by atoms with Gasteiger partial charge in [-0.1, -0.05) is 42.5 Å². The molecule has 0 radical (unpaired) electrons. The zero-order valence-corrected chi connectivity index (χ0v) is 21.6. The molecule has 5 nitrogen and oxygen atoms in total. The van der Waals surface area contributed by atoms with Gasteiger partial charge < -0.3 is 19.1 Å². The summed E-state index contributed by atoms with van der Waals surface area (Å²) >= 11 is 0. The van der Waals surface area contributed by atoms with Crippen molar-refractivity contribution in [3.63, 3.8) is 0 Å². The smallest absolute Gasteiger partial charge is 0.142 e. The summed E-state index contributed by atoms with van der Waals surface area (Å²) in [7, 11) is 3.45. The molecule has 1 fully saturated rings. The Morgan fingerprint density at radius 3 is 2.26 bits per heavy atom. The summed E-state index contributed by atoms with van der Waals surface area (Å²) in [6, 6.07) is 25.0. The highest BCUT2D eigenvalue weighted by Gasteiger charge is 2.19. The van der Waals surface area contributed by atoms with Crippen LogP contribution in [0.1, 0.15) is 17.5 Å². The fourth-order valence-electron chi connectivity index (χ4n) is 4.53. The number of piperazine rings is 1. The summed E-state index contributed by atoms with van der Waals surface area (Å²) in [5.74, 6) is 2.87. The van der Waals surface area contributed by atoms with Gasteiger partial charge in [0.15, 0.2) is 0 Å². The van der Waals surface area contributed by atoms with Crippen LogP contribution in [0.2, 0.25) is 0 Å². The number of hydrogen-bond acceptors (Lipinski definition) is 5. The predicted octanol–water partition coefficient (Wildman–Crippen LogP) is 5.50. The lowest BCUT2D eigenvalue weighted by atomic mass is 10.0. The van der Waals surface area contributed by atoms with Crippen LogP contribution in [0.5, 0.6) is 17.2 Å². The molecule has 0 aromatic heterocycles. The average molecular weight is 497 g/mol. The van der Waals surface area contributed by atoms with Gasteiger partial charge in [-0.05, 0) is 60.7 Å². The quantitative estimate of drug-likeness (QED) is 0.327.